The summed E-state index contributed by atoms with van der Waals surface area (Å²) in [6.07, 6.45) is 3.33. The number of nitrogens with zero attached hydrogens (tertiary/aromatic N) is 3. The molecule has 25 heavy (non-hydrogen) atoms. The van der Waals surface area contributed by atoms with Gasteiger partial charge in [-0.05, 0) is 37.1 Å². The second kappa shape index (κ2) is 7.87. The van der Waals surface area contributed by atoms with Gasteiger partial charge in [-0.1, -0.05) is 0 Å². The Kier molecular flexibility index (Phi) is 5.37. The summed E-state index contributed by atoms with van der Waals surface area (Å²) >= 11 is 0. The lowest BCUT2D eigenvalue weighted by Gasteiger charge is -2.32. The molecule has 0 spiro atoms. The molecular weight excluding hydrogens is 332 g/mol. The first-order valence-electron chi connectivity index (χ1n) is 7.90. The molecule has 0 unspecified atom stereocenters. The van der Waals surface area contributed by atoms with E-state index in [1.165, 1.54) is 24.3 Å². The minimum absolute atomic E-state index is 0.0864. The Balaban J connectivity index is 1.50. The van der Waals surface area contributed by atoms with Crippen LogP contribution in [0.5, 0.6) is 11.8 Å². The standard InChI is InChI=1S/C17H17F2N3O3/c18-12-3-5-14(6-4-12)24-11-16(23)22-7-1-2-15(10-22)25-17-20-8-13(19)9-21-17/h3-6,8-9,15H,1-2,7,10-11H2/t15-/m0/s1. The van der Waals surface area contributed by atoms with E-state index >= 15 is 0 Å². The summed E-state index contributed by atoms with van der Waals surface area (Å²) < 4.78 is 36.6. The van der Waals surface area contributed by atoms with Crippen LogP contribution in [0.2, 0.25) is 0 Å². The first-order chi connectivity index (χ1) is 12.1. The average molecular weight is 349 g/mol. The van der Waals surface area contributed by atoms with Crippen molar-refractivity contribution in [1.29, 1.82) is 0 Å². The molecular formula is C17H17F2N3O3. The average Bonchev–Trinajstić information content (AvgIpc) is 2.63. The third-order valence-corrected chi connectivity index (χ3v) is 3.78. The summed E-state index contributed by atoms with van der Waals surface area (Å²) in [6, 6.07) is 5.57. The number of hydrogen-bond donors (Lipinski definition) is 0. The fourth-order valence-electron chi connectivity index (χ4n) is 2.54. The lowest BCUT2D eigenvalue weighted by molar-refractivity contribution is -0.136. The fraction of sp³-hybridized carbons (Fsp3) is 0.353. The summed E-state index contributed by atoms with van der Waals surface area (Å²) in [6.45, 7) is 0.855. The monoisotopic (exact) mass is 349 g/mol. The zero-order valence-electron chi connectivity index (χ0n) is 13.4. The number of rotatable bonds is 5. The van der Waals surface area contributed by atoms with Gasteiger partial charge < -0.3 is 14.4 Å². The molecule has 2 aromatic rings. The van der Waals surface area contributed by atoms with Crippen LogP contribution in [-0.2, 0) is 4.79 Å². The van der Waals surface area contributed by atoms with Crippen molar-refractivity contribution < 1.29 is 23.0 Å². The first kappa shape index (κ1) is 17.1. The number of halogens is 2. The summed E-state index contributed by atoms with van der Waals surface area (Å²) in [5.41, 5.74) is 0. The van der Waals surface area contributed by atoms with Gasteiger partial charge in [-0.3, -0.25) is 4.79 Å². The predicted molar refractivity (Wildman–Crippen MR) is 84.1 cm³/mol. The minimum Gasteiger partial charge on any atom is -0.484 e. The molecule has 6 nitrogen and oxygen atoms in total. The summed E-state index contributed by atoms with van der Waals surface area (Å²) in [5.74, 6) is -0.652. The van der Waals surface area contributed by atoms with Crippen molar-refractivity contribution in [2.45, 2.75) is 18.9 Å². The van der Waals surface area contributed by atoms with Crippen LogP contribution in [-0.4, -0.2) is 46.6 Å². The van der Waals surface area contributed by atoms with Crippen molar-refractivity contribution in [2.24, 2.45) is 0 Å². The van der Waals surface area contributed by atoms with Gasteiger partial charge in [0, 0.05) is 6.54 Å². The number of ether oxygens (including phenoxy) is 2. The van der Waals surface area contributed by atoms with Crippen LogP contribution in [0.3, 0.4) is 0 Å². The van der Waals surface area contributed by atoms with Crippen molar-refractivity contribution in [3.8, 4) is 11.8 Å². The molecule has 1 aromatic carbocycles. The van der Waals surface area contributed by atoms with Gasteiger partial charge in [0.2, 0.25) is 0 Å². The zero-order valence-corrected chi connectivity index (χ0v) is 13.4. The third kappa shape index (κ3) is 4.85. The van der Waals surface area contributed by atoms with E-state index in [1.807, 2.05) is 0 Å². The topological polar surface area (TPSA) is 64.5 Å². The van der Waals surface area contributed by atoms with E-state index in [4.69, 9.17) is 9.47 Å². The van der Waals surface area contributed by atoms with Gasteiger partial charge in [-0.2, -0.15) is 0 Å². The van der Waals surface area contributed by atoms with E-state index in [0.29, 0.717) is 18.8 Å². The molecule has 0 radical (unpaired) electrons. The maximum absolute atomic E-state index is 12.8. The van der Waals surface area contributed by atoms with Gasteiger partial charge in [-0.25, -0.2) is 18.7 Å². The molecule has 132 valence electrons. The molecule has 1 atom stereocenters. The minimum atomic E-state index is -0.536. The van der Waals surface area contributed by atoms with Crippen LogP contribution in [0.1, 0.15) is 12.8 Å². The quantitative estimate of drug-likeness (QED) is 0.828. The Morgan fingerprint density at radius 3 is 2.60 bits per heavy atom. The molecule has 1 saturated heterocycles. The van der Waals surface area contributed by atoms with Crippen LogP contribution >= 0.6 is 0 Å². The molecule has 1 aliphatic rings. The Morgan fingerprint density at radius 2 is 1.88 bits per heavy atom. The number of piperidine rings is 1. The van der Waals surface area contributed by atoms with Gasteiger partial charge in [0.25, 0.3) is 5.91 Å². The van der Waals surface area contributed by atoms with Crippen molar-refractivity contribution in [3.05, 3.63) is 48.3 Å². The highest BCUT2D eigenvalue weighted by Crippen LogP contribution is 2.16. The summed E-state index contributed by atoms with van der Waals surface area (Å²) in [5, 5.41) is 0. The normalized spacial score (nSPS) is 17.2. The number of aromatic nitrogens is 2. The van der Waals surface area contributed by atoms with Crippen molar-refractivity contribution in [3.63, 3.8) is 0 Å². The smallest absolute Gasteiger partial charge is 0.316 e. The van der Waals surface area contributed by atoms with E-state index < -0.39 is 5.82 Å². The van der Waals surface area contributed by atoms with E-state index in [-0.39, 0.29) is 30.4 Å². The van der Waals surface area contributed by atoms with Gasteiger partial charge in [0.1, 0.15) is 17.7 Å². The number of amides is 1. The van der Waals surface area contributed by atoms with Crippen LogP contribution < -0.4 is 9.47 Å². The van der Waals surface area contributed by atoms with Gasteiger partial charge in [0.05, 0.1) is 18.9 Å². The Labute approximate surface area is 143 Å². The van der Waals surface area contributed by atoms with Gasteiger partial charge >= 0.3 is 6.01 Å². The molecule has 0 bridgehead atoms. The van der Waals surface area contributed by atoms with E-state index in [0.717, 1.165) is 25.2 Å². The molecule has 1 aliphatic heterocycles. The Hall–Kier alpha value is -2.77. The number of carbonyl (C=O) groups excluding carboxylic acids is 1. The predicted octanol–water partition coefficient (Wildman–Crippen LogP) is 2.20. The molecule has 0 N–H and O–H groups in total. The maximum atomic E-state index is 12.8. The van der Waals surface area contributed by atoms with Crippen molar-refractivity contribution in [1.82, 2.24) is 14.9 Å². The number of hydrogen-bond acceptors (Lipinski definition) is 5. The van der Waals surface area contributed by atoms with E-state index in [9.17, 15) is 13.6 Å². The SMILES string of the molecule is O=C(COc1ccc(F)cc1)N1CCC[C@H](Oc2ncc(F)cn2)C1. The van der Waals surface area contributed by atoms with Gasteiger partial charge in [0.15, 0.2) is 12.4 Å². The highest BCUT2D eigenvalue weighted by Gasteiger charge is 2.25. The van der Waals surface area contributed by atoms with Crippen LogP contribution in [0, 0.1) is 11.6 Å². The van der Waals surface area contributed by atoms with Crippen molar-refractivity contribution >= 4 is 5.91 Å². The lowest BCUT2D eigenvalue weighted by atomic mass is 10.1. The molecule has 0 saturated carbocycles. The maximum Gasteiger partial charge on any atom is 0.316 e. The largest absolute Gasteiger partial charge is 0.484 e. The van der Waals surface area contributed by atoms with Gasteiger partial charge in [-0.15, -0.1) is 0 Å². The molecule has 8 heteroatoms. The molecule has 1 aromatic heterocycles. The molecule has 1 amide bonds. The number of likely N-dealkylation sites (tertiary alicyclic amines) is 1. The summed E-state index contributed by atoms with van der Waals surface area (Å²) in [7, 11) is 0. The highest BCUT2D eigenvalue weighted by molar-refractivity contribution is 5.77. The molecule has 2 heterocycles. The second-order valence-electron chi connectivity index (χ2n) is 5.65. The first-order valence-corrected chi connectivity index (χ1v) is 7.90. The number of benzene rings is 1. The molecule has 3 rings (SSSR count). The highest BCUT2D eigenvalue weighted by atomic mass is 19.1. The Bertz CT molecular complexity index is 710. The van der Waals surface area contributed by atoms with Crippen LogP contribution in [0.25, 0.3) is 0 Å². The molecule has 0 aliphatic carbocycles. The zero-order chi connectivity index (χ0) is 17.6. The Morgan fingerprint density at radius 1 is 1.16 bits per heavy atom. The molecule has 1 fully saturated rings. The number of carbonyl (C=O) groups is 1. The van der Waals surface area contributed by atoms with E-state index in [1.54, 1.807) is 4.90 Å². The summed E-state index contributed by atoms with van der Waals surface area (Å²) in [4.78, 5) is 21.4. The third-order valence-electron chi connectivity index (χ3n) is 3.78. The van der Waals surface area contributed by atoms with Crippen LogP contribution in [0.4, 0.5) is 8.78 Å². The van der Waals surface area contributed by atoms with E-state index in [2.05, 4.69) is 9.97 Å². The lowest BCUT2D eigenvalue weighted by Crippen LogP contribution is -2.46. The van der Waals surface area contributed by atoms with Crippen molar-refractivity contribution in [2.75, 3.05) is 19.7 Å². The fourth-order valence-corrected chi connectivity index (χ4v) is 2.54. The van der Waals surface area contributed by atoms with Crippen LogP contribution in [0.15, 0.2) is 36.7 Å². The second-order valence-corrected chi connectivity index (χ2v) is 5.65.